The van der Waals surface area contributed by atoms with Gasteiger partial charge in [0.05, 0.1) is 5.41 Å². The van der Waals surface area contributed by atoms with E-state index in [4.69, 9.17) is 0 Å². The summed E-state index contributed by atoms with van der Waals surface area (Å²) in [5.41, 5.74) is 14.9. The van der Waals surface area contributed by atoms with Crippen LogP contribution in [-0.2, 0) is 29.7 Å². The number of H-pyrrole nitrogens is 1. The minimum atomic E-state index is -0.621. The van der Waals surface area contributed by atoms with Gasteiger partial charge in [0, 0.05) is 73.1 Å². The summed E-state index contributed by atoms with van der Waals surface area (Å²) < 4.78 is 0. The number of pyridine rings is 2. The Balaban J connectivity index is 1.06. The Bertz CT molecular complexity index is 2420. The minimum Gasteiger partial charge on any atom is -0.354 e. The SMILES string of the molecule is Cc1cc(C)cc(-c2[nH]c3ccc(C(C)(C)C(=O)N4C5CCC4CC5)cc3c2CCN(Cc2ccc(-c3cccnc3)cc2)Cc2ccc(-c3cccnc3)cc2)c1. The molecule has 7 aromatic rings. The zero-order valence-electron chi connectivity index (χ0n) is 34.2. The molecule has 5 heterocycles. The van der Waals surface area contributed by atoms with Crippen molar-refractivity contribution >= 4 is 16.8 Å². The van der Waals surface area contributed by atoms with Crippen LogP contribution in [0.2, 0.25) is 0 Å². The maximum absolute atomic E-state index is 14.3. The quantitative estimate of drug-likeness (QED) is 0.135. The van der Waals surface area contributed by atoms with Gasteiger partial charge in [0.2, 0.25) is 5.91 Å². The summed E-state index contributed by atoms with van der Waals surface area (Å²) in [6.07, 6.45) is 12.9. The van der Waals surface area contributed by atoms with Crippen molar-refractivity contribution < 1.29 is 4.79 Å². The van der Waals surface area contributed by atoms with Gasteiger partial charge in [-0.2, -0.15) is 0 Å². The third kappa shape index (κ3) is 7.61. The van der Waals surface area contributed by atoms with Crippen LogP contribution >= 0.6 is 0 Å². The number of nitrogens with one attached hydrogen (secondary N) is 1. The first kappa shape index (κ1) is 37.7. The molecular formula is C52H53N5O. The largest absolute Gasteiger partial charge is 0.354 e. The highest BCUT2D eigenvalue weighted by Crippen LogP contribution is 2.42. The second kappa shape index (κ2) is 15.8. The first-order valence-corrected chi connectivity index (χ1v) is 21.0. The Morgan fingerprint density at radius 3 is 1.76 bits per heavy atom. The Labute approximate surface area is 343 Å². The van der Waals surface area contributed by atoms with Crippen molar-refractivity contribution in [2.75, 3.05) is 6.54 Å². The molecule has 2 fully saturated rings. The minimum absolute atomic E-state index is 0.277. The number of benzene rings is 4. The van der Waals surface area contributed by atoms with Crippen molar-refractivity contribution in [2.24, 2.45) is 0 Å². The van der Waals surface area contributed by atoms with Crippen LogP contribution < -0.4 is 0 Å². The molecule has 1 N–H and O–H groups in total. The predicted molar refractivity (Wildman–Crippen MR) is 236 cm³/mol. The molecule has 9 rings (SSSR count). The molecular weight excluding hydrogens is 711 g/mol. The van der Waals surface area contributed by atoms with Crippen LogP contribution in [0.25, 0.3) is 44.4 Å². The van der Waals surface area contributed by atoms with E-state index >= 15 is 0 Å². The number of aromatic nitrogens is 3. The monoisotopic (exact) mass is 763 g/mol. The molecule has 2 bridgehead atoms. The molecule has 0 atom stereocenters. The molecule has 6 nitrogen and oxygen atoms in total. The lowest BCUT2D eigenvalue weighted by Gasteiger charge is -2.33. The smallest absolute Gasteiger partial charge is 0.233 e. The maximum Gasteiger partial charge on any atom is 0.233 e. The Morgan fingerprint density at radius 1 is 0.690 bits per heavy atom. The molecule has 0 unspecified atom stereocenters. The normalized spacial score (nSPS) is 16.5. The number of hydrogen-bond acceptors (Lipinski definition) is 4. The fourth-order valence-electron chi connectivity index (χ4n) is 9.62. The van der Waals surface area contributed by atoms with Crippen molar-refractivity contribution in [3.8, 4) is 33.5 Å². The highest BCUT2D eigenvalue weighted by molar-refractivity contribution is 5.94. The summed E-state index contributed by atoms with van der Waals surface area (Å²) in [5.74, 6) is 0.277. The molecule has 58 heavy (non-hydrogen) atoms. The van der Waals surface area contributed by atoms with Gasteiger partial charge < -0.3 is 9.88 Å². The van der Waals surface area contributed by atoms with Crippen molar-refractivity contribution in [2.45, 2.75) is 90.4 Å². The second-order valence-electron chi connectivity index (χ2n) is 17.3. The number of amides is 1. The van der Waals surface area contributed by atoms with E-state index in [9.17, 15) is 4.79 Å². The molecule has 2 saturated heterocycles. The van der Waals surface area contributed by atoms with Crippen molar-refractivity contribution in [3.63, 3.8) is 0 Å². The third-order valence-electron chi connectivity index (χ3n) is 12.7. The number of fused-ring (bicyclic) bond motifs is 3. The number of carbonyl (C=O) groups is 1. The molecule has 0 aliphatic carbocycles. The van der Waals surface area contributed by atoms with Crippen LogP contribution in [0, 0.1) is 13.8 Å². The molecule has 292 valence electrons. The van der Waals surface area contributed by atoms with E-state index in [-0.39, 0.29) is 5.91 Å². The Morgan fingerprint density at radius 2 is 1.24 bits per heavy atom. The van der Waals surface area contributed by atoms with Gasteiger partial charge in [-0.05, 0) is 146 Å². The van der Waals surface area contributed by atoms with Crippen LogP contribution in [0.15, 0.2) is 134 Å². The van der Waals surface area contributed by atoms with Gasteiger partial charge in [-0.25, -0.2) is 0 Å². The van der Waals surface area contributed by atoms with E-state index in [0.29, 0.717) is 12.1 Å². The van der Waals surface area contributed by atoms with Gasteiger partial charge in [-0.1, -0.05) is 83.9 Å². The van der Waals surface area contributed by atoms with Crippen LogP contribution in [-0.4, -0.2) is 49.3 Å². The number of aromatic amines is 1. The Kier molecular flexibility index (Phi) is 10.3. The highest BCUT2D eigenvalue weighted by atomic mass is 16.2. The predicted octanol–water partition coefficient (Wildman–Crippen LogP) is 11.3. The number of carbonyl (C=O) groups excluding carboxylic acids is 1. The Hall–Kier alpha value is -5.85. The maximum atomic E-state index is 14.3. The van der Waals surface area contributed by atoms with Crippen LogP contribution in [0.4, 0.5) is 0 Å². The molecule has 0 radical (unpaired) electrons. The van der Waals surface area contributed by atoms with E-state index < -0.39 is 5.41 Å². The summed E-state index contributed by atoms with van der Waals surface area (Å²) in [6.45, 7) is 11.1. The molecule has 2 aliphatic heterocycles. The van der Waals surface area contributed by atoms with E-state index in [2.05, 4.69) is 150 Å². The summed E-state index contributed by atoms with van der Waals surface area (Å²) in [7, 11) is 0. The third-order valence-corrected chi connectivity index (χ3v) is 12.7. The summed E-state index contributed by atoms with van der Waals surface area (Å²) in [4.78, 5) is 31.7. The van der Waals surface area contributed by atoms with Crippen molar-refractivity contribution in [1.82, 2.24) is 24.8 Å². The van der Waals surface area contributed by atoms with Crippen LogP contribution in [0.3, 0.4) is 0 Å². The second-order valence-corrected chi connectivity index (χ2v) is 17.3. The molecule has 1 amide bonds. The zero-order chi connectivity index (χ0) is 39.8. The molecule has 3 aromatic heterocycles. The molecule has 2 aliphatic rings. The van der Waals surface area contributed by atoms with E-state index in [1.165, 1.54) is 55.6 Å². The number of rotatable bonds is 12. The summed E-state index contributed by atoms with van der Waals surface area (Å²) >= 11 is 0. The first-order chi connectivity index (χ1) is 28.2. The molecule has 0 saturated carbocycles. The van der Waals surface area contributed by atoms with E-state index in [1.807, 2.05) is 36.9 Å². The fraction of sp³-hybridized carbons (Fsp3) is 0.288. The van der Waals surface area contributed by atoms with Crippen molar-refractivity contribution in [3.05, 3.63) is 167 Å². The molecule has 0 spiro atoms. The lowest BCUT2D eigenvalue weighted by atomic mass is 9.82. The number of hydrogen-bond donors (Lipinski definition) is 1. The van der Waals surface area contributed by atoms with Gasteiger partial charge in [0.25, 0.3) is 0 Å². The van der Waals surface area contributed by atoms with Gasteiger partial charge in [0.15, 0.2) is 0 Å². The van der Waals surface area contributed by atoms with Crippen LogP contribution in [0.1, 0.15) is 72.9 Å². The van der Waals surface area contributed by atoms with Crippen LogP contribution in [0.5, 0.6) is 0 Å². The van der Waals surface area contributed by atoms with E-state index in [1.54, 1.807) is 0 Å². The lowest BCUT2D eigenvalue weighted by molar-refractivity contribution is -0.137. The number of aryl methyl sites for hydroxylation is 2. The summed E-state index contributed by atoms with van der Waals surface area (Å²) in [5, 5.41) is 1.21. The summed E-state index contributed by atoms with van der Waals surface area (Å²) in [6, 6.07) is 40.4. The van der Waals surface area contributed by atoms with Crippen molar-refractivity contribution in [1.29, 1.82) is 0 Å². The standard InChI is InChI=1S/C52H53N5O/c1-35-27-36(2)29-43(28-35)50-47(48-30-44(17-22-49(48)55-50)52(3,4)51(58)57-45-18-19-46(57)21-20-45)23-26-56(33-37-9-13-39(14-10-37)41-7-5-24-53-31-41)34-38-11-15-40(16-12-38)42-8-6-25-54-32-42/h5-17,22,24-25,27-32,45-46,55H,18-21,23,26,33-34H2,1-4H3. The average molecular weight is 764 g/mol. The highest BCUT2D eigenvalue weighted by Gasteiger charge is 2.47. The van der Waals surface area contributed by atoms with Gasteiger partial charge >= 0.3 is 0 Å². The zero-order valence-corrected chi connectivity index (χ0v) is 34.2. The number of nitrogens with zero attached hydrogens (tertiary/aromatic N) is 4. The van der Waals surface area contributed by atoms with Gasteiger partial charge in [0.1, 0.15) is 0 Å². The fourth-order valence-corrected chi connectivity index (χ4v) is 9.62. The van der Waals surface area contributed by atoms with Gasteiger partial charge in [-0.15, -0.1) is 0 Å². The molecule has 4 aromatic carbocycles. The topological polar surface area (TPSA) is 65.1 Å². The first-order valence-electron chi connectivity index (χ1n) is 21.0. The molecule has 6 heteroatoms. The average Bonchev–Trinajstić information content (AvgIpc) is 3.96. The van der Waals surface area contributed by atoms with Gasteiger partial charge in [-0.3, -0.25) is 19.7 Å². The lowest BCUT2D eigenvalue weighted by Crippen LogP contribution is -2.45. The van der Waals surface area contributed by atoms with E-state index in [0.717, 1.165) is 73.9 Å².